The summed E-state index contributed by atoms with van der Waals surface area (Å²) in [6.45, 7) is 5.67. The minimum Gasteiger partial charge on any atom is -0.361 e. The van der Waals surface area contributed by atoms with Crippen LogP contribution >= 0.6 is 0 Å². The van der Waals surface area contributed by atoms with Crippen molar-refractivity contribution in [3.8, 4) is 0 Å². The van der Waals surface area contributed by atoms with Gasteiger partial charge in [0.05, 0.1) is 5.69 Å². The summed E-state index contributed by atoms with van der Waals surface area (Å²) in [5.41, 5.74) is 2.39. The van der Waals surface area contributed by atoms with Gasteiger partial charge in [0.2, 0.25) is 5.91 Å². The zero-order valence-corrected chi connectivity index (χ0v) is 17.0. The Balaban J connectivity index is 1.43. The van der Waals surface area contributed by atoms with Crippen LogP contribution in [0.5, 0.6) is 0 Å². The minimum atomic E-state index is 0.00775. The van der Waals surface area contributed by atoms with Gasteiger partial charge < -0.3 is 14.3 Å². The van der Waals surface area contributed by atoms with Crippen molar-refractivity contribution in [2.45, 2.75) is 46.1 Å². The number of aryl methyl sites for hydroxylation is 2. The Morgan fingerprint density at radius 3 is 2.46 bits per heavy atom. The van der Waals surface area contributed by atoms with E-state index in [1.165, 1.54) is 0 Å². The summed E-state index contributed by atoms with van der Waals surface area (Å²) in [6.07, 6.45) is 3.31. The zero-order valence-electron chi connectivity index (χ0n) is 17.0. The molecule has 150 valence electrons. The fourth-order valence-corrected chi connectivity index (χ4v) is 3.84. The number of benzene rings is 1. The van der Waals surface area contributed by atoms with E-state index < -0.39 is 0 Å². The lowest BCUT2D eigenvalue weighted by Gasteiger charge is -2.32. The van der Waals surface area contributed by atoms with Gasteiger partial charge in [0.1, 0.15) is 11.3 Å². The molecule has 1 aromatic carbocycles. The van der Waals surface area contributed by atoms with Crippen LogP contribution in [0.2, 0.25) is 0 Å². The van der Waals surface area contributed by atoms with Gasteiger partial charge in [-0.15, -0.1) is 0 Å². The highest BCUT2D eigenvalue weighted by Crippen LogP contribution is 2.25. The van der Waals surface area contributed by atoms with Crippen LogP contribution in [0.4, 0.5) is 0 Å². The molecule has 1 aromatic heterocycles. The Labute approximate surface area is 166 Å². The van der Waals surface area contributed by atoms with Gasteiger partial charge in [0.25, 0.3) is 5.91 Å². The minimum absolute atomic E-state index is 0.00775. The Bertz CT molecular complexity index is 788. The average Bonchev–Trinajstić information content (AvgIpc) is 3.05. The summed E-state index contributed by atoms with van der Waals surface area (Å²) in [5, 5.41) is 3.88. The number of carbonyl (C=O) groups excluding carboxylic acids is 2. The number of carbonyl (C=O) groups is 2. The van der Waals surface area contributed by atoms with Crippen LogP contribution in [-0.4, -0.2) is 46.9 Å². The molecule has 1 aliphatic heterocycles. The highest BCUT2D eigenvalue weighted by Gasteiger charge is 2.27. The van der Waals surface area contributed by atoms with Gasteiger partial charge >= 0.3 is 0 Å². The molecule has 3 rings (SSSR count). The topological polar surface area (TPSA) is 66.7 Å². The highest BCUT2D eigenvalue weighted by molar-refractivity contribution is 5.96. The van der Waals surface area contributed by atoms with E-state index in [1.807, 2.05) is 42.3 Å². The number of piperidine rings is 1. The van der Waals surface area contributed by atoms with Gasteiger partial charge in [0.15, 0.2) is 0 Å². The molecule has 0 atom stereocenters. The number of hydrogen-bond donors (Lipinski definition) is 0. The SMILES string of the molecule is Cc1noc(C)c1C(=O)N1CCC(CCC(=O)N(C)Cc2ccccc2)CC1. The summed E-state index contributed by atoms with van der Waals surface area (Å²) in [4.78, 5) is 28.8. The molecule has 1 saturated heterocycles. The Morgan fingerprint density at radius 1 is 1.18 bits per heavy atom. The van der Waals surface area contributed by atoms with Gasteiger partial charge in [-0.05, 0) is 44.6 Å². The van der Waals surface area contributed by atoms with Crippen LogP contribution in [0.15, 0.2) is 34.9 Å². The molecule has 0 aliphatic carbocycles. The maximum Gasteiger partial charge on any atom is 0.259 e. The van der Waals surface area contributed by atoms with Crippen molar-refractivity contribution in [3.63, 3.8) is 0 Å². The van der Waals surface area contributed by atoms with Crippen LogP contribution in [0.1, 0.15) is 53.1 Å². The average molecular weight is 383 g/mol. The van der Waals surface area contributed by atoms with Gasteiger partial charge in [0, 0.05) is 33.1 Å². The standard InChI is InChI=1S/C22H29N3O3/c1-16-21(17(2)28-23-16)22(27)25-13-11-18(12-14-25)9-10-20(26)24(3)15-19-7-5-4-6-8-19/h4-8,18H,9-15H2,1-3H3. The van der Waals surface area contributed by atoms with Crippen molar-refractivity contribution < 1.29 is 14.1 Å². The Morgan fingerprint density at radius 2 is 1.86 bits per heavy atom. The maximum atomic E-state index is 12.7. The number of nitrogens with zero attached hydrogens (tertiary/aromatic N) is 3. The van der Waals surface area contributed by atoms with E-state index in [0.29, 0.717) is 35.9 Å². The lowest BCUT2D eigenvalue weighted by molar-refractivity contribution is -0.130. The van der Waals surface area contributed by atoms with Crippen molar-refractivity contribution in [1.82, 2.24) is 15.0 Å². The Kier molecular flexibility index (Phi) is 6.49. The van der Waals surface area contributed by atoms with Gasteiger partial charge in [-0.3, -0.25) is 9.59 Å². The third-order valence-electron chi connectivity index (χ3n) is 5.60. The predicted octanol–water partition coefficient (Wildman–Crippen LogP) is 3.58. The molecule has 2 heterocycles. The summed E-state index contributed by atoms with van der Waals surface area (Å²) in [6, 6.07) is 10.0. The van der Waals surface area contributed by atoms with Crippen LogP contribution in [-0.2, 0) is 11.3 Å². The highest BCUT2D eigenvalue weighted by atomic mass is 16.5. The molecule has 0 radical (unpaired) electrons. The van der Waals surface area contributed by atoms with E-state index in [9.17, 15) is 9.59 Å². The van der Waals surface area contributed by atoms with Crippen LogP contribution in [0.3, 0.4) is 0 Å². The lowest BCUT2D eigenvalue weighted by atomic mass is 9.91. The fourth-order valence-electron chi connectivity index (χ4n) is 3.84. The molecule has 0 unspecified atom stereocenters. The molecule has 6 heteroatoms. The number of rotatable bonds is 6. The second kappa shape index (κ2) is 9.04. The normalized spacial score (nSPS) is 14.9. The van der Waals surface area contributed by atoms with Crippen LogP contribution in [0.25, 0.3) is 0 Å². The number of likely N-dealkylation sites (tertiary alicyclic amines) is 1. The van der Waals surface area contributed by atoms with Crippen molar-refractivity contribution in [2.75, 3.05) is 20.1 Å². The molecule has 2 amide bonds. The Hall–Kier alpha value is -2.63. The molecular formula is C22H29N3O3. The molecular weight excluding hydrogens is 354 g/mol. The molecule has 6 nitrogen and oxygen atoms in total. The third kappa shape index (κ3) is 4.80. The van der Waals surface area contributed by atoms with Gasteiger partial charge in [-0.25, -0.2) is 0 Å². The molecule has 0 spiro atoms. The molecule has 28 heavy (non-hydrogen) atoms. The smallest absolute Gasteiger partial charge is 0.259 e. The van der Waals surface area contributed by atoms with Crippen molar-refractivity contribution in [3.05, 3.63) is 52.9 Å². The fraction of sp³-hybridized carbons (Fsp3) is 0.500. The quantitative estimate of drug-likeness (QED) is 0.765. The lowest BCUT2D eigenvalue weighted by Crippen LogP contribution is -2.39. The molecule has 0 N–H and O–H groups in total. The van der Waals surface area contributed by atoms with E-state index >= 15 is 0 Å². The van der Waals surface area contributed by atoms with Gasteiger partial charge in [-0.1, -0.05) is 35.5 Å². The van der Waals surface area contributed by atoms with Crippen LogP contribution in [0, 0.1) is 19.8 Å². The number of hydrogen-bond acceptors (Lipinski definition) is 4. The molecule has 0 saturated carbocycles. The molecule has 1 fully saturated rings. The second-order valence-corrected chi connectivity index (χ2v) is 7.71. The summed E-state index contributed by atoms with van der Waals surface area (Å²) >= 11 is 0. The summed E-state index contributed by atoms with van der Waals surface area (Å²) < 4.78 is 5.12. The maximum absolute atomic E-state index is 12.7. The zero-order chi connectivity index (χ0) is 20.1. The van der Waals surface area contributed by atoms with Crippen molar-refractivity contribution in [1.29, 1.82) is 0 Å². The summed E-state index contributed by atoms with van der Waals surface area (Å²) in [7, 11) is 1.86. The second-order valence-electron chi connectivity index (χ2n) is 7.71. The van der Waals surface area contributed by atoms with Crippen molar-refractivity contribution >= 4 is 11.8 Å². The van der Waals surface area contributed by atoms with E-state index in [1.54, 1.807) is 18.7 Å². The first-order chi connectivity index (χ1) is 13.5. The largest absolute Gasteiger partial charge is 0.361 e. The van der Waals surface area contributed by atoms with E-state index in [-0.39, 0.29) is 11.8 Å². The molecule has 0 bridgehead atoms. The van der Waals surface area contributed by atoms with E-state index in [4.69, 9.17) is 4.52 Å². The first-order valence-electron chi connectivity index (χ1n) is 9.95. The molecule has 1 aliphatic rings. The molecule has 2 aromatic rings. The monoisotopic (exact) mass is 383 g/mol. The van der Waals surface area contributed by atoms with Crippen molar-refractivity contribution in [2.24, 2.45) is 5.92 Å². The third-order valence-corrected chi connectivity index (χ3v) is 5.60. The number of amides is 2. The van der Waals surface area contributed by atoms with E-state index in [0.717, 1.165) is 37.9 Å². The van der Waals surface area contributed by atoms with Gasteiger partial charge in [-0.2, -0.15) is 0 Å². The summed E-state index contributed by atoms with van der Waals surface area (Å²) in [5.74, 6) is 1.26. The first kappa shape index (κ1) is 20.1. The van der Waals surface area contributed by atoms with Crippen LogP contribution < -0.4 is 0 Å². The van der Waals surface area contributed by atoms with E-state index in [2.05, 4.69) is 5.16 Å². The predicted molar refractivity (Wildman–Crippen MR) is 107 cm³/mol. The number of aromatic nitrogens is 1. The first-order valence-corrected chi connectivity index (χ1v) is 9.95.